The molecule has 31 heavy (non-hydrogen) atoms. The minimum atomic E-state index is -3.70. The Balaban J connectivity index is 1.81. The van der Waals surface area contributed by atoms with Crippen molar-refractivity contribution in [2.24, 2.45) is 0 Å². The molecule has 0 unspecified atom stereocenters. The number of hydrogen-bond acceptors (Lipinski definition) is 4. The van der Waals surface area contributed by atoms with E-state index in [1.54, 1.807) is 61.1 Å². The number of hydrogen-bond donors (Lipinski definition) is 1. The number of nitrogens with zero attached hydrogens (tertiary/aromatic N) is 3. The number of sulfonamides is 1. The van der Waals surface area contributed by atoms with Gasteiger partial charge in [-0.05, 0) is 49.7 Å². The Morgan fingerprint density at radius 1 is 1.16 bits per heavy atom. The van der Waals surface area contributed by atoms with Crippen LogP contribution in [0.1, 0.15) is 29.8 Å². The summed E-state index contributed by atoms with van der Waals surface area (Å²) in [6.07, 6.45) is 1.55. The molecule has 10 heteroatoms. The highest BCUT2D eigenvalue weighted by molar-refractivity contribution is 7.89. The van der Waals surface area contributed by atoms with Gasteiger partial charge in [-0.25, -0.2) is 13.1 Å². The van der Waals surface area contributed by atoms with Gasteiger partial charge in [0, 0.05) is 34.8 Å². The van der Waals surface area contributed by atoms with Crippen molar-refractivity contribution in [1.29, 1.82) is 0 Å². The maximum Gasteiger partial charge on any atom is 0.256 e. The summed E-state index contributed by atoms with van der Waals surface area (Å²) in [6, 6.07) is 12.5. The van der Waals surface area contributed by atoms with Crippen molar-refractivity contribution in [3.63, 3.8) is 0 Å². The van der Waals surface area contributed by atoms with Gasteiger partial charge in [0.05, 0.1) is 17.6 Å². The van der Waals surface area contributed by atoms with Crippen LogP contribution < -0.4 is 5.32 Å². The molecule has 0 saturated carbocycles. The van der Waals surface area contributed by atoms with Crippen molar-refractivity contribution in [3.05, 3.63) is 75.9 Å². The highest BCUT2D eigenvalue weighted by Crippen LogP contribution is 2.23. The number of benzene rings is 2. The molecule has 2 aromatic carbocycles. The van der Waals surface area contributed by atoms with E-state index >= 15 is 0 Å². The Hall–Kier alpha value is -2.39. The van der Waals surface area contributed by atoms with Gasteiger partial charge in [0.25, 0.3) is 5.91 Å². The van der Waals surface area contributed by atoms with Gasteiger partial charge in [-0.1, -0.05) is 35.3 Å². The third kappa shape index (κ3) is 5.27. The van der Waals surface area contributed by atoms with Crippen molar-refractivity contribution in [2.45, 2.75) is 31.3 Å². The minimum Gasteiger partial charge on any atom is -0.307 e. The van der Waals surface area contributed by atoms with Crippen molar-refractivity contribution in [2.75, 3.05) is 12.4 Å². The summed E-state index contributed by atoms with van der Waals surface area (Å²) in [4.78, 5) is 12.9. The van der Waals surface area contributed by atoms with Crippen LogP contribution >= 0.6 is 23.2 Å². The first-order chi connectivity index (χ1) is 14.6. The number of anilines is 1. The average Bonchev–Trinajstić information content (AvgIpc) is 3.16. The predicted octanol–water partition coefficient (Wildman–Crippen LogP) is 4.52. The largest absolute Gasteiger partial charge is 0.307 e. The molecular formula is C21H22Cl2N4O3S. The molecule has 1 aromatic heterocycles. The molecule has 3 rings (SSSR count). The summed E-state index contributed by atoms with van der Waals surface area (Å²) >= 11 is 12.2. The quantitative estimate of drug-likeness (QED) is 0.538. The lowest BCUT2D eigenvalue weighted by molar-refractivity contribution is 0.102. The zero-order valence-corrected chi connectivity index (χ0v) is 19.5. The molecular weight excluding hydrogens is 459 g/mol. The molecule has 0 saturated heterocycles. The first kappa shape index (κ1) is 23.3. The van der Waals surface area contributed by atoms with E-state index in [4.69, 9.17) is 23.2 Å². The van der Waals surface area contributed by atoms with Gasteiger partial charge in [0.15, 0.2) is 0 Å². The molecule has 0 aliphatic carbocycles. The second-order valence-corrected chi connectivity index (χ2v) is 10.0. The molecule has 3 aromatic rings. The number of halogens is 2. The fourth-order valence-electron chi connectivity index (χ4n) is 2.81. The second-order valence-electron chi connectivity index (χ2n) is 7.21. The van der Waals surface area contributed by atoms with Crippen molar-refractivity contribution < 1.29 is 13.2 Å². The lowest BCUT2D eigenvalue weighted by Gasteiger charge is -2.21. The fraction of sp³-hybridized carbons (Fsp3) is 0.238. The number of aromatic nitrogens is 2. The van der Waals surface area contributed by atoms with Crippen molar-refractivity contribution in [1.82, 2.24) is 14.1 Å². The zero-order chi connectivity index (χ0) is 22.8. The van der Waals surface area contributed by atoms with Gasteiger partial charge in [-0.15, -0.1) is 0 Å². The molecule has 0 spiro atoms. The number of carbonyl (C=O) groups is 1. The molecule has 164 valence electrons. The number of nitrogens with one attached hydrogen (secondary N) is 1. The molecule has 1 amide bonds. The molecule has 1 N–H and O–H groups in total. The Bertz CT molecular complexity index is 1210. The molecule has 0 radical (unpaired) electrons. The summed E-state index contributed by atoms with van der Waals surface area (Å²) in [5.74, 6) is -0.00298. The Morgan fingerprint density at radius 3 is 2.58 bits per heavy atom. The summed E-state index contributed by atoms with van der Waals surface area (Å²) in [7, 11) is -2.20. The molecule has 0 aliphatic heterocycles. The maximum atomic E-state index is 12.8. The lowest BCUT2D eigenvalue weighted by Crippen LogP contribution is -2.33. The fourth-order valence-corrected chi connectivity index (χ4v) is 4.69. The van der Waals surface area contributed by atoms with E-state index in [2.05, 4.69) is 10.4 Å². The molecule has 0 fully saturated rings. The standard InChI is InChI=1S/C21H22Cl2N4O3S/c1-14(2)26(3)31(29,30)18-6-4-5-15(11-18)21(28)25-20-9-10-24-27(20)13-16-7-8-17(22)12-19(16)23/h4-12,14H,13H2,1-3H3,(H,25,28). The van der Waals surface area contributed by atoms with Crippen LogP contribution in [0, 0.1) is 0 Å². The van der Waals surface area contributed by atoms with E-state index in [-0.39, 0.29) is 16.5 Å². The van der Waals surface area contributed by atoms with E-state index in [0.29, 0.717) is 22.4 Å². The number of carbonyl (C=O) groups excluding carboxylic acids is 1. The lowest BCUT2D eigenvalue weighted by atomic mass is 10.2. The second kappa shape index (κ2) is 9.40. The number of amides is 1. The van der Waals surface area contributed by atoms with Crippen LogP contribution in [-0.2, 0) is 16.6 Å². The van der Waals surface area contributed by atoms with Crippen molar-refractivity contribution >= 4 is 45.0 Å². The van der Waals surface area contributed by atoms with Gasteiger partial charge < -0.3 is 5.32 Å². The topological polar surface area (TPSA) is 84.3 Å². The Labute approximate surface area is 191 Å². The summed E-state index contributed by atoms with van der Waals surface area (Å²) in [5.41, 5.74) is 1.01. The van der Waals surface area contributed by atoms with E-state index in [1.165, 1.54) is 23.5 Å². The smallest absolute Gasteiger partial charge is 0.256 e. The first-order valence-corrected chi connectivity index (χ1v) is 11.6. The van der Waals surface area contributed by atoms with Crippen molar-refractivity contribution in [3.8, 4) is 0 Å². The summed E-state index contributed by atoms with van der Waals surface area (Å²) < 4.78 is 28.3. The third-order valence-electron chi connectivity index (χ3n) is 4.79. The minimum absolute atomic E-state index is 0.0535. The zero-order valence-electron chi connectivity index (χ0n) is 17.2. The van der Waals surface area contributed by atoms with Crippen LogP contribution in [0.2, 0.25) is 10.0 Å². The van der Waals surface area contributed by atoms with Gasteiger partial charge in [-0.3, -0.25) is 4.79 Å². The molecule has 1 heterocycles. The van der Waals surface area contributed by atoms with Crippen LogP contribution in [0.3, 0.4) is 0 Å². The van der Waals surface area contributed by atoms with Gasteiger partial charge in [0.1, 0.15) is 5.82 Å². The molecule has 0 aliphatic rings. The van der Waals surface area contributed by atoms with E-state index in [0.717, 1.165) is 5.56 Å². The van der Waals surface area contributed by atoms with Crippen LogP contribution in [0.15, 0.2) is 59.6 Å². The van der Waals surface area contributed by atoms with Gasteiger partial charge in [-0.2, -0.15) is 9.40 Å². The SMILES string of the molecule is CC(C)N(C)S(=O)(=O)c1cccc(C(=O)Nc2ccnn2Cc2ccc(Cl)cc2Cl)c1. The van der Waals surface area contributed by atoms with E-state index < -0.39 is 15.9 Å². The highest BCUT2D eigenvalue weighted by Gasteiger charge is 2.24. The Kier molecular flexibility index (Phi) is 7.06. The maximum absolute atomic E-state index is 12.8. The van der Waals surface area contributed by atoms with Crippen LogP contribution in [0.5, 0.6) is 0 Å². The van der Waals surface area contributed by atoms with Crippen LogP contribution in [-0.4, -0.2) is 41.5 Å². The van der Waals surface area contributed by atoms with E-state index in [9.17, 15) is 13.2 Å². The van der Waals surface area contributed by atoms with Gasteiger partial charge in [0.2, 0.25) is 10.0 Å². The third-order valence-corrected chi connectivity index (χ3v) is 7.41. The normalized spacial score (nSPS) is 11.8. The molecule has 7 nitrogen and oxygen atoms in total. The first-order valence-electron chi connectivity index (χ1n) is 9.45. The predicted molar refractivity (Wildman–Crippen MR) is 122 cm³/mol. The average molecular weight is 481 g/mol. The Morgan fingerprint density at radius 2 is 1.90 bits per heavy atom. The summed E-state index contributed by atoms with van der Waals surface area (Å²) in [5, 5.41) is 8.02. The van der Waals surface area contributed by atoms with Crippen LogP contribution in [0.25, 0.3) is 0 Å². The highest BCUT2D eigenvalue weighted by atomic mass is 35.5. The van der Waals surface area contributed by atoms with Gasteiger partial charge >= 0.3 is 0 Å². The van der Waals surface area contributed by atoms with Crippen LogP contribution in [0.4, 0.5) is 5.82 Å². The molecule has 0 bridgehead atoms. The monoisotopic (exact) mass is 480 g/mol. The van der Waals surface area contributed by atoms with E-state index in [1.807, 2.05) is 0 Å². The summed E-state index contributed by atoms with van der Waals surface area (Å²) in [6.45, 7) is 3.89. The molecule has 0 atom stereocenters. The number of rotatable bonds is 7.